The molecule has 1 heterocycles. The summed E-state index contributed by atoms with van der Waals surface area (Å²) in [7, 11) is 1.63. The van der Waals surface area contributed by atoms with Crippen molar-refractivity contribution in [2.45, 2.75) is 19.5 Å². The van der Waals surface area contributed by atoms with Crippen LogP contribution in [-0.4, -0.2) is 46.2 Å². The lowest BCUT2D eigenvalue weighted by atomic mass is 10.0. The summed E-state index contributed by atoms with van der Waals surface area (Å²) in [6.07, 6.45) is 0. The lowest BCUT2D eigenvalue weighted by Gasteiger charge is -2.25. The van der Waals surface area contributed by atoms with Crippen LogP contribution < -0.4 is 5.32 Å². The molecule has 4 amide bonds. The maximum Gasteiger partial charge on any atom is 0.324 e. The Hall–Kier alpha value is -3.75. The van der Waals surface area contributed by atoms with Crippen molar-refractivity contribution in [3.05, 3.63) is 75.3 Å². The number of carbonyl (C=O) groups excluding carboxylic acids is 3. The van der Waals surface area contributed by atoms with Gasteiger partial charge in [-0.2, -0.15) is 0 Å². The molecule has 1 saturated heterocycles. The fourth-order valence-electron chi connectivity index (χ4n) is 3.05. The Morgan fingerprint density at radius 3 is 2.52 bits per heavy atom. The first-order valence-corrected chi connectivity index (χ1v) is 8.96. The predicted octanol–water partition coefficient (Wildman–Crippen LogP) is 2.48. The Morgan fingerprint density at radius 1 is 1.24 bits per heavy atom. The maximum atomic E-state index is 12.8. The molecule has 1 fully saturated rings. The number of nitro benzene ring substituents is 1. The van der Waals surface area contributed by atoms with Gasteiger partial charge in [0.05, 0.1) is 24.1 Å². The third-order valence-electron chi connectivity index (χ3n) is 4.94. The molecule has 3 rings (SSSR count). The van der Waals surface area contributed by atoms with Gasteiger partial charge in [-0.25, -0.2) is 4.79 Å². The van der Waals surface area contributed by atoms with Gasteiger partial charge < -0.3 is 10.2 Å². The van der Waals surface area contributed by atoms with Crippen LogP contribution in [0.3, 0.4) is 0 Å². The third kappa shape index (κ3) is 4.23. The molecule has 0 saturated carbocycles. The largest absolute Gasteiger partial charge is 0.335 e. The lowest BCUT2D eigenvalue weighted by molar-refractivity contribution is -0.384. The van der Waals surface area contributed by atoms with Gasteiger partial charge in [0, 0.05) is 24.7 Å². The van der Waals surface area contributed by atoms with Crippen molar-refractivity contribution in [3.8, 4) is 0 Å². The van der Waals surface area contributed by atoms with E-state index in [0.29, 0.717) is 11.1 Å². The zero-order valence-corrected chi connectivity index (χ0v) is 16.0. The molecule has 9 heteroatoms. The number of nitrogens with zero attached hydrogens (tertiary/aromatic N) is 3. The van der Waals surface area contributed by atoms with Gasteiger partial charge in [0.15, 0.2) is 0 Å². The second-order valence-electron chi connectivity index (χ2n) is 6.78. The highest BCUT2D eigenvalue weighted by Crippen LogP contribution is 2.24. The van der Waals surface area contributed by atoms with Crippen molar-refractivity contribution in [1.82, 2.24) is 15.1 Å². The van der Waals surface area contributed by atoms with Gasteiger partial charge in [-0.3, -0.25) is 24.6 Å². The normalized spacial score (nSPS) is 14.5. The van der Waals surface area contributed by atoms with Gasteiger partial charge in [0.25, 0.3) is 11.6 Å². The molecule has 0 radical (unpaired) electrons. The first-order chi connectivity index (χ1) is 13.8. The number of benzene rings is 2. The summed E-state index contributed by atoms with van der Waals surface area (Å²) in [5.74, 6) is -0.536. The van der Waals surface area contributed by atoms with E-state index in [1.807, 2.05) is 0 Å². The van der Waals surface area contributed by atoms with E-state index in [2.05, 4.69) is 5.32 Å². The molecule has 0 bridgehead atoms. The molecule has 0 spiro atoms. The van der Waals surface area contributed by atoms with Gasteiger partial charge >= 0.3 is 6.03 Å². The van der Waals surface area contributed by atoms with Crippen LogP contribution in [0.15, 0.2) is 48.5 Å². The quantitative estimate of drug-likeness (QED) is 0.458. The summed E-state index contributed by atoms with van der Waals surface area (Å²) in [6.45, 7) is 1.93. The Morgan fingerprint density at radius 2 is 1.93 bits per heavy atom. The predicted molar refractivity (Wildman–Crippen MR) is 104 cm³/mol. The van der Waals surface area contributed by atoms with Crippen LogP contribution in [0, 0.1) is 10.1 Å². The monoisotopic (exact) mass is 396 g/mol. The van der Waals surface area contributed by atoms with Gasteiger partial charge in [0.2, 0.25) is 5.91 Å². The van der Waals surface area contributed by atoms with Gasteiger partial charge in [-0.05, 0) is 30.2 Å². The number of nitrogens with one attached hydrogen (secondary N) is 1. The molecule has 1 unspecified atom stereocenters. The van der Waals surface area contributed by atoms with Crippen LogP contribution in [0.1, 0.15) is 34.5 Å². The molecule has 1 aliphatic rings. The van der Waals surface area contributed by atoms with Gasteiger partial charge in [0.1, 0.15) is 0 Å². The fourth-order valence-corrected chi connectivity index (χ4v) is 3.05. The molecule has 0 aliphatic carbocycles. The Balaban J connectivity index is 1.71. The summed E-state index contributed by atoms with van der Waals surface area (Å²) in [5, 5.41) is 13.4. The summed E-state index contributed by atoms with van der Waals surface area (Å²) < 4.78 is 0. The molecule has 1 N–H and O–H groups in total. The van der Waals surface area contributed by atoms with Crippen molar-refractivity contribution in [2.75, 3.05) is 13.6 Å². The molecular weight excluding hydrogens is 376 g/mol. The number of non-ortho nitro benzene ring substituents is 1. The number of carbonyl (C=O) groups is 3. The highest BCUT2D eigenvalue weighted by atomic mass is 16.6. The third-order valence-corrected chi connectivity index (χ3v) is 4.94. The van der Waals surface area contributed by atoms with E-state index < -0.39 is 11.0 Å². The average molecular weight is 396 g/mol. The van der Waals surface area contributed by atoms with Gasteiger partial charge in [-0.1, -0.05) is 24.3 Å². The first kappa shape index (κ1) is 20.0. The van der Waals surface area contributed by atoms with Crippen LogP contribution in [0.25, 0.3) is 0 Å². The van der Waals surface area contributed by atoms with Crippen molar-refractivity contribution in [2.24, 2.45) is 0 Å². The molecule has 29 heavy (non-hydrogen) atoms. The smallest absolute Gasteiger partial charge is 0.324 e. The van der Waals surface area contributed by atoms with Crippen molar-refractivity contribution in [1.29, 1.82) is 0 Å². The van der Waals surface area contributed by atoms with Gasteiger partial charge in [-0.15, -0.1) is 0 Å². The number of urea groups is 1. The van der Waals surface area contributed by atoms with E-state index in [-0.39, 0.29) is 36.6 Å². The number of nitro groups is 1. The zero-order chi connectivity index (χ0) is 21.1. The van der Waals surface area contributed by atoms with E-state index in [0.717, 1.165) is 10.5 Å². The van der Waals surface area contributed by atoms with Crippen LogP contribution in [0.5, 0.6) is 0 Å². The zero-order valence-electron chi connectivity index (χ0n) is 16.0. The number of hydrogen-bond acceptors (Lipinski definition) is 5. The van der Waals surface area contributed by atoms with E-state index >= 15 is 0 Å². The molecule has 2 aromatic carbocycles. The minimum atomic E-state index is -0.470. The number of rotatable bonds is 6. The molecule has 0 aromatic heterocycles. The lowest BCUT2D eigenvalue weighted by Crippen LogP contribution is -2.30. The molecule has 2 aromatic rings. The Kier molecular flexibility index (Phi) is 5.58. The topological polar surface area (TPSA) is 113 Å². The van der Waals surface area contributed by atoms with Crippen molar-refractivity contribution < 1.29 is 19.3 Å². The highest BCUT2D eigenvalue weighted by Gasteiger charge is 2.28. The first-order valence-electron chi connectivity index (χ1n) is 8.96. The minimum Gasteiger partial charge on any atom is -0.335 e. The molecule has 1 aliphatic heterocycles. The summed E-state index contributed by atoms with van der Waals surface area (Å²) in [6, 6.07) is 12.0. The van der Waals surface area contributed by atoms with E-state index in [4.69, 9.17) is 0 Å². The SMILES string of the molecule is CC(c1cccc([N+](=O)[O-])c1)N(C)C(=O)c1ccc(CN2C(=O)CNC2=O)cc1. The summed E-state index contributed by atoms with van der Waals surface area (Å²) in [4.78, 5) is 49.2. The summed E-state index contributed by atoms with van der Waals surface area (Å²) >= 11 is 0. The highest BCUT2D eigenvalue weighted by molar-refractivity contribution is 6.01. The minimum absolute atomic E-state index is 0.00423. The van der Waals surface area contributed by atoms with E-state index in [9.17, 15) is 24.5 Å². The van der Waals surface area contributed by atoms with Crippen LogP contribution in [-0.2, 0) is 11.3 Å². The molecule has 1 atom stereocenters. The molecule has 150 valence electrons. The summed E-state index contributed by atoms with van der Waals surface area (Å²) in [5.41, 5.74) is 1.79. The van der Waals surface area contributed by atoms with Crippen LogP contribution >= 0.6 is 0 Å². The van der Waals surface area contributed by atoms with Crippen LogP contribution in [0.2, 0.25) is 0 Å². The van der Waals surface area contributed by atoms with Crippen molar-refractivity contribution >= 4 is 23.5 Å². The maximum absolute atomic E-state index is 12.8. The second kappa shape index (κ2) is 8.09. The Labute approximate surface area is 167 Å². The fraction of sp³-hybridized carbons (Fsp3) is 0.250. The number of imide groups is 1. The standard InChI is InChI=1S/C20H20N4O5/c1-13(16-4-3-5-17(10-16)24(28)29)22(2)19(26)15-8-6-14(7-9-15)12-23-18(25)11-21-20(23)27/h3-10,13H,11-12H2,1-2H3,(H,21,27). The number of amides is 4. The van der Waals surface area contributed by atoms with E-state index in [1.54, 1.807) is 50.4 Å². The Bertz CT molecular complexity index is 957. The van der Waals surface area contributed by atoms with E-state index in [1.165, 1.54) is 17.0 Å². The molecule has 9 nitrogen and oxygen atoms in total. The second-order valence-corrected chi connectivity index (χ2v) is 6.78. The number of hydrogen-bond donors (Lipinski definition) is 1. The molecular formula is C20H20N4O5. The average Bonchev–Trinajstić information content (AvgIpc) is 3.04. The van der Waals surface area contributed by atoms with Crippen molar-refractivity contribution in [3.63, 3.8) is 0 Å². The van der Waals surface area contributed by atoms with Crippen LogP contribution in [0.4, 0.5) is 10.5 Å².